The van der Waals surface area contributed by atoms with E-state index in [1.54, 1.807) is 0 Å². The number of nitrogens with one attached hydrogen (secondary N) is 1. The second kappa shape index (κ2) is 5.17. The van der Waals surface area contributed by atoms with E-state index in [1.807, 2.05) is 6.20 Å². The van der Waals surface area contributed by atoms with E-state index < -0.39 is 0 Å². The Morgan fingerprint density at radius 1 is 1.32 bits per heavy atom. The maximum atomic E-state index is 5.60. The maximum Gasteiger partial charge on any atom is 0.109 e. The van der Waals surface area contributed by atoms with Crippen molar-refractivity contribution in [3.05, 3.63) is 41.3 Å². The van der Waals surface area contributed by atoms with Crippen LogP contribution in [0.4, 0.5) is 0 Å². The van der Waals surface area contributed by atoms with Crippen LogP contribution in [0.2, 0.25) is 0 Å². The highest BCUT2D eigenvalue weighted by molar-refractivity contribution is 5.61. The minimum Gasteiger partial charge on any atom is -0.342 e. The van der Waals surface area contributed by atoms with Gasteiger partial charge in [0, 0.05) is 5.92 Å². The van der Waals surface area contributed by atoms with Crippen molar-refractivity contribution in [3.63, 3.8) is 0 Å². The molecule has 3 N–H and O–H groups in total. The van der Waals surface area contributed by atoms with E-state index >= 15 is 0 Å². The fraction of sp³-hybridized carbons (Fsp3) is 0.438. The highest BCUT2D eigenvalue weighted by Gasteiger charge is 2.13. The number of rotatable bonds is 4. The van der Waals surface area contributed by atoms with Crippen molar-refractivity contribution >= 4 is 0 Å². The third-order valence-corrected chi connectivity index (χ3v) is 4.07. The number of imidazole rings is 1. The lowest BCUT2D eigenvalue weighted by Crippen LogP contribution is -2.05. The summed E-state index contributed by atoms with van der Waals surface area (Å²) < 4.78 is 0. The lowest BCUT2D eigenvalue weighted by atomic mass is 10.0. The molecule has 1 atom stereocenters. The summed E-state index contributed by atoms with van der Waals surface area (Å²) in [5.74, 6) is 1.44. The van der Waals surface area contributed by atoms with Crippen LogP contribution in [0, 0.1) is 0 Å². The first kappa shape index (κ1) is 12.4. The molecule has 0 amide bonds. The van der Waals surface area contributed by atoms with Gasteiger partial charge < -0.3 is 10.7 Å². The van der Waals surface area contributed by atoms with Gasteiger partial charge in [-0.25, -0.2) is 4.98 Å². The normalized spacial score (nSPS) is 15.5. The van der Waals surface area contributed by atoms with Crippen LogP contribution < -0.4 is 5.73 Å². The highest BCUT2D eigenvalue weighted by atomic mass is 14.9. The third-order valence-electron chi connectivity index (χ3n) is 4.07. The Bertz CT molecular complexity index is 571. The summed E-state index contributed by atoms with van der Waals surface area (Å²) in [5.41, 5.74) is 11.0. The Kier molecular flexibility index (Phi) is 3.38. The van der Waals surface area contributed by atoms with Gasteiger partial charge in [-0.1, -0.05) is 19.1 Å². The summed E-state index contributed by atoms with van der Waals surface area (Å²) in [4.78, 5) is 7.93. The Labute approximate surface area is 114 Å². The minimum absolute atomic E-state index is 0.396. The molecule has 0 saturated heterocycles. The Balaban J connectivity index is 1.86. The monoisotopic (exact) mass is 255 g/mol. The average Bonchev–Trinajstić information content (AvgIpc) is 3.07. The standard InChI is InChI=1S/C16H21N3/c1-11(7-8-17)16-18-10-15(19-16)14-6-5-12-3-2-4-13(12)9-14/h5-6,9-11H,2-4,7-8,17H2,1H3,(H,18,19). The molecule has 3 rings (SSSR count). The number of nitrogens with two attached hydrogens (primary N) is 1. The van der Waals surface area contributed by atoms with E-state index in [9.17, 15) is 0 Å². The maximum absolute atomic E-state index is 5.60. The summed E-state index contributed by atoms with van der Waals surface area (Å²) >= 11 is 0. The molecule has 2 aromatic rings. The fourth-order valence-corrected chi connectivity index (χ4v) is 2.86. The Morgan fingerprint density at radius 2 is 2.16 bits per heavy atom. The molecule has 0 spiro atoms. The molecule has 1 aromatic carbocycles. The predicted octanol–water partition coefficient (Wildman–Crippen LogP) is 3.02. The number of aromatic amines is 1. The van der Waals surface area contributed by atoms with Crippen LogP contribution in [0.1, 0.15) is 42.6 Å². The van der Waals surface area contributed by atoms with Gasteiger partial charge in [0.05, 0.1) is 11.9 Å². The first-order valence-electron chi connectivity index (χ1n) is 7.15. The number of hydrogen-bond donors (Lipinski definition) is 2. The molecule has 1 unspecified atom stereocenters. The first-order chi connectivity index (χ1) is 9.28. The smallest absolute Gasteiger partial charge is 0.109 e. The molecule has 1 heterocycles. The van der Waals surface area contributed by atoms with Gasteiger partial charge in [-0.3, -0.25) is 0 Å². The van der Waals surface area contributed by atoms with Crippen LogP contribution in [-0.4, -0.2) is 16.5 Å². The van der Waals surface area contributed by atoms with Crippen LogP contribution >= 0.6 is 0 Å². The van der Waals surface area contributed by atoms with Crippen molar-refractivity contribution in [1.29, 1.82) is 0 Å². The Hall–Kier alpha value is -1.61. The zero-order chi connectivity index (χ0) is 13.2. The number of aromatic nitrogens is 2. The van der Waals surface area contributed by atoms with Gasteiger partial charge in [-0.15, -0.1) is 0 Å². The molecule has 0 radical (unpaired) electrons. The molecule has 0 aliphatic heterocycles. The minimum atomic E-state index is 0.396. The average molecular weight is 255 g/mol. The summed E-state index contributed by atoms with van der Waals surface area (Å²) in [5, 5.41) is 0. The molecular weight excluding hydrogens is 234 g/mol. The quantitative estimate of drug-likeness (QED) is 0.882. The van der Waals surface area contributed by atoms with Gasteiger partial charge in [0.2, 0.25) is 0 Å². The number of aryl methyl sites for hydroxylation is 2. The molecule has 0 saturated carbocycles. The van der Waals surface area contributed by atoms with E-state index in [0.717, 1.165) is 17.9 Å². The third kappa shape index (κ3) is 2.43. The van der Waals surface area contributed by atoms with E-state index in [0.29, 0.717) is 12.5 Å². The largest absolute Gasteiger partial charge is 0.342 e. The van der Waals surface area contributed by atoms with Crippen LogP contribution in [-0.2, 0) is 12.8 Å². The van der Waals surface area contributed by atoms with Crippen LogP contribution in [0.5, 0.6) is 0 Å². The molecule has 1 aliphatic rings. The predicted molar refractivity (Wildman–Crippen MR) is 78.1 cm³/mol. The zero-order valence-corrected chi connectivity index (χ0v) is 11.4. The molecule has 1 aliphatic carbocycles. The molecular formula is C16H21N3. The van der Waals surface area contributed by atoms with Crippen molar-refractivity contribution in [3.8, 4) is 11.3 Å². The number of hydrogen-bond acceptors (Lipinski definition) is 2. The molecule has 19 heavy (non-hydrogen) atoms. The zero-order valence-electron chi connectivity index (χ0n) is 11.4. The molecule has 3 nitrogen and oxygen atoms in total. The van der Waals surface area contributed by atoms with Crippen molar-refractivity contribution in [2.24, 2.45) is 5.73 Å². The van der Waals surface area contributed by atoms with E-state index in [-0.39, 0.29) is 0 Å². The van der Waals surface area contributed by atoms with Gasteiger partial charge in [-0.05, 0) is 55.0 Å². The van der Waals surface area contributed by atoms with E-state index in [4.69, 9.17) is 5.73 Å². The highest BCUT2D eigenvalue weighted by Crippen LogP contribution is 2.28. The summed E-state index contributed by atoms with van der Waals surface area (Å²) in [7, 11) is 0. The summed E-state index contributed by atoms with van der Waals surface area (Å²) in [6, 6.07) is 6.78. The van der Waals surface area contributed by atoms with Gasteiger partial charge in [0.15, 0.2) is 0 Å². The fourth-order valence-electron chi connectivity index (χ4n) is 2.86. The van der Waals surface area contributed by atoms with Gasteiger partial charge in [0.1, 0.15) is 5.82 Å². The van der Waals surface area contributed by atoms with E-state index in [2.05, 4.69) is 35.1 Å². The second-order valence-electron chi connectivity index (χ2n) is 5.50. The molecule has 0 fully saturated rings. The number of fused-ring (bicyclic) bond motifs is 1. The SMILES string of the molecule is CC(CCN)c1ncc(-c2ccc3c(c2)CCC3)[nH]1. The van der Waals surface area contributed by atoms with Crippen molar-refractivity contribution in [2.45, 2.75) is 38.5 Å². The van der Waals surface area contributed by atoms with Crippen molar-refractivity contribution in [1.82, 2.24) is 9.97 Å². The number of benzene rings is 1. The van der Waals surface area contributed by atoms with Crippen molar-refractivity contribution < 1.29 is 0 Å². The Morgan fingerprint density at radius 3 is 3.00 bits per heavy atom. The lowest BCUT2D eigenvalue weighted by molar-refractivity contribution is 0.655. The molecule has 0 bridgehead atoms. The van der Waals surface area contributed by atoms with Gasteiger partial charge in [0.25, 0.3) is 0 Å². The molecule has 100 valence electrons. The van der Waals surface area contributed by atoms with E-state index in [1.165, 1.54) is 36.0 Å². The van der Waals surface area contributed by atoms with Crippen LogP contribution in [0.15, 0.2) is 24.4 Å². The van der Waals surface area contributed by atoms with Crippen LogP contribution in [0.3, 0.4) is 0 Å². The van der Waals surface area contributed by atoms with Crippen LogP contribution in [0.25, 0.3) is 11.3 Å². The molecule has 1 aromatic heterocycles. The van der Waals surface area contributed by atoms with Crippen molar-refractivity contribution in [2.75, 3.05) is 6.54 Å². The lowest BCUT2D eigenvalue weighted by Gasteiger charge is -2.06. The van der Waals surface area contributed by atoms with Gasteiger partial charge in [-0.2, -0.15) is 0 Å². The second-order valence-corrected chi connectivity index (χ2v) is 5.50. The number of H-pyrrole nitrogens is 1. The summed E-state index contributed by atoms with van der Waals surface area (Å²) in [6.07, 6.45) is 6.65. The molecule has 3 heteroatoms. The van der Waals surface area contributed by atoms with Gasteiger partial charge >= 0.3 is 0 Å². The number of nitrogens with zero attached hydrogens (tertiary/aromatic N) is 1. The first-order valence-corrected chi connectivity index (χ1v) is 7.15. The topological polar surface area (TPSA) is 54.7 Å². The summed E-state index contributed by atoms with van der Waals surface area (Å²) in [6.45, 7) is 2.87.